The molecule has 0 unspecified atom stereocenters. The number of carbonyl (C=O) groups excluding carboxylic acids is 1. The van der Waals surface area contributed by atoms with E-state index in [1.54, 1.807) is 6.92 Å². The number of carbonyl (C=O) groups is 1. The summed E-state index contributed by atoms with van der Waals surface area (Å²) in [6.07, 6.45) is 1.25. The molecule has 0 spiro atoms. The largest absolute Gasteiger partial charge is 0.300 e. The molecule has 1 aliphatic rings. The summed E-state index contributed by atoms with van der Waals surface area (Å²) in [5.74, 6) is 0.173. The molecule has 1 heterocycles. The van der Waals surface area contributed by atoms with Gasteiger partial charge in [0.1, 0.15) is 5.78 Å². The van der Waals surface area contributed by atoms with Crippen molar-refractivity contribution in [3.8, 4) is 0 Å². The monoisotopic (exact) mass is 309 g/mol. The zero-order chi connectivity index (χ0) is 15.8. The molecule has 1 aromatic carbocycles. The molecule has 0 aliphatic carbocycles. The third kappa shape index (κ3) is 3.19. The zero-order valence-electron chi connectivity index (χ0n) is 13.1. The SMILES string of the molecule is CC(=O)C1CCN(S(=O)(=O)c2c(C)cc(C)cc2C)CC1. The lowest BCUT2D eigenvalue weighted by atomic mass is 9.95. The second kappa shape index (κ2) is 5.89. The molecule has 5 heteroatoms. The predicted octanol–water partition coefficient (Wildman–Crippen LogP) is 2.60. The molecule has 0 aromatic heterocycles. The molecule has 1 fully saturated rings. The molecule has 1 saturated heterocycles. The minimum atomic E-state index is -3.47. The summed E-state index contributed by atoms with van der Waals surface area (Å²) in [4.78, 5) is 11.8. The van der Waals surface area contributed by atoms with Crippen molar-refractivity contribution in [3.05, 3.63) is 28.8 Å². The van der Waals surface area contributed by atoms with Crippen LogP contribution in [0, 0.1) is 26.7 Å². The Morgan fingerprint density at radius 1 is 1.10 bits per heavy atom. The lowest BCUT2D eigenvalue weighted by Gasteiger charge is -2.31. The van der Waals surface area contributed by atoms with Gasteiger partial charge in [-0.3, -0.25) is 4.79 Å². The van der Waals surface area contributed by atoms with Crippen LogP contribution < -0.4 is 0 Å². The van der Waals surface area contributed by atoms with E-state index in [4.69, 9.17) is 0 Å². The lowest BCUT2D eigenvalue weighted by molar-refractivity contribution is -0.121. The molecular weight excluding hydrogens is 286 g/mol. The van der Waals surface area contributed by atoms with E-state index in [9.17, 15) is 13.2 Å². The van der Waals surface area contributed by atoms with Crippen molar-refractivity contribution >= 4 is 15.8 Å². The molecule has 1 aromatic rings. The van der Waals surface area contributed by atoms with Gasteiger partial charge in [-0.05, 0) is 51.7 Å². The van der Waals surface area contributed by atoms with E-state index in [0.717, 1.165) is 16.7 Å². The fourth-order valence-electron chi connectivity index (χ4n) is 3.21. The smallest absolute Gasteiger partial charge is 0.243 e. The van der Waals surface area contributed by atoms with Crippen LogP contribution in [0.25, 0.3) is 0 Å². The Balaban J connectivity index is 2.30. The van der Waals surface area contributed by atoms with Gasteiger partial charge in [0.05, 0.1) is 4.90 Å². The molecule has 0 atom stereocenters. The number of sulfonamides is 1. The third-order valence-electron chi connectivity index (χ3n) is 4.23. The number of hydrogen-bond acceptors (Lipinski definition) is 3. The van der Waals surface area contributed by atoms with Crippen LogP contribution in [0.15, 0.2) is 17.0 Å². The van der Waals surface area contributed by atoms with Crippen LogP contribution in [0.3, 0.4) is 0 Å². The first-order valence-electron chi connectivity index (χ1n) is 7.32. The Morgan fingerprint density at radius 3 is 2.00 bits per heavy atom. The molecule has 116 valence electrons. The first kappa shape index (κ1) is 16.2. The highest BCUT2D eigenvalue weighted by atomic mass is 32.2. The van der Waals surface area contributed by atoms with Gasteiger partial charge in [-0.15, -0.1) is 0 Å². The number of nitrogens with zero attached hydrogens (tertiary/aromatic N) is 1. The van der Waals surface area contributed by atoms with Gasteiger partial charge in [-0.25, -0.2) is 8.42 Å². The van der Waals surface area contributed by atoms with Crippen LogP contribution in [-0.2, 0) is 14.8 Å². The van der Waals surface area contributed by atoms with Gasteiger partial charge in [-0.2, -0.15) is 4.31 Å². The minimum Gasteiger partial charge on any atom is -0.300 e. The van der Waals surface area contributed by atoms with Crippen molar-refractivity contribution in [2.75, 3.05) is 13.1 Å². The van der Waals surface area contributed by atoms with E-state index in [-0.39, 0.29) is 11.7 Å². The van der Waals surface area contributed by atoms with Crippen LogP contribution >= 0.6 is 0 Å². The molecule has 21 heavy (non-hydrogen) atoms. The topological polar surface area (TPSA) is 54.5 Å². The number of ketones is 1. The van der Waals surface area contributed by atoms with E-state index in [0.29, 0.717) is 30.8 Å². The number of benzene rings is 1. The second-order valence-corrected chi connectivity index (χ2v) is 7.89. The van der Waals surface area contributed by atoms with Crippen LogP contribution in [-0.4, -0.2) is 31.6 Å². The highest BCUT2D eigenvalue weighted by Gasteiger charge is 2.32. The lowest BCUT2D eigenvalue weighted by Crippen LogP contribution is -2.40. The van der Waals surface area contributed by atoms with E-state index >= 15 is 0 Å². The highest BCUT2D eigenvalue weighted by molar-refractivity contribution is 7.89. The maximum absolute atomic E-state index is 12.9. The second-order valence-electron chi connectivity index (χ2n) is 6.02. The molecule has 0 saturated carbocycles. The predicted molar refractivity (Wildman–Crippen MR) is 82.8 cm³/mol. The van der Waals surface area contributed by atoms with Gasteiger partial charge >= 0.3 is 0 Å². The molecule has 0 bridgehead atoms. The molecule has 1 aliphatic heterocycles. The first-order chi connectivity index (χ1) is 9.73. The quantitative estimate of drug-likeness (QED) is 0.862. The molecular formula is C16H23NO3S. The van der Waals surface area contributed by atoms with Crippen molar-refractivity contribution in [1.82, 2.24) is 4.31 Å². The molecule has 0 amide bonds. The molecule has 0 N–H and O–H groups in total. The average Bonchev–Trinajstić information content (AvgIpc) is 2.37. The van der Waals surface area contributed by atoms with E-state index in [1.165, 1.54) is 4.31 Å². The van der Waals surface area contributed by atoms with Crippen LogP contribution in [0.1, 0.15) is 36.5 Å². The Hall–Kier alpha value is -1.20. The first-order valence-corrected chi connectivity index (χ1v) is 8.76. The van der Waals surface area contributed by atoms with Crippen molar-refractivity contribution in [2.24, 2.45) is 5.92 Å². The maximum atomic E-state index is 12.9. The standard InChI is InChI=1S/C16H23NO3S/c1-11-9-12(2)16(13(3)10-11)21(19,20)17-7-5-15(6-8-17)14(4)18/h9-10,15H,5-8H2,1-4H3. The summed E-state index contributed by atoms with van der Waals surface area (Å²) in [7, 11) is -3.47. The van der Waals surface area contributed by atoms with Crippen molar-refractivity contribution in [1.29, 1.82) is 0 Å². The van der Waals surface area contributed by atoms with E-state index < -0.39 is 10.0 Å². The molecule has 2 rings (SSSR count). The number of hydrogen-bond donors (Lipinski definition) is 0. The fourth-order valence-corrected chi connectivity index (χ4v) is 5.09. The summed E-state index contributed by atoms with van der Waals surface area (Å²) in [5, 5.41) is 0. The summed E-state index contributed by atoms with van der Waals surface area (Å²) in [5.41, 5.74) is 2.65. The van der Waals surface area contributed by atoms with Gasteiger partial charge in [0.2, 0.25) is 10.0 Å². The Bertz CT molecular complexity index is 633. The van der Waals surface area contributed by atoms with Gasteiger partial charge in [0, 0.05) is 19.0 Å². The van der Waals surface area contributed by atoms with Gasteiger partial charge in [0.15, 0.2) is 0 Å². The van der Waals surface area contributed by atoms with Crippen LogP contribution in [0.5, 0.6) is 0 Å². The van der Waals surface area contributed by atoms with Gasteiger partial charge in [0.25, 0.3) is 0 Å². The average molecular weight is 309 g/mol. The number of aryl methyl sites for hydroxylation is 3. The normalized spacial score (nSPS) is 17.9. The third-order valence-corrected chi connectivity index (χ3v) is 6.44. The van der Waals surface area contributed by atoms with Crippen LogP contribution in [0.2, 0.25) is 0 Å². The number of piperidine rings is 1. The number of rotatable bonds is 3. The summed E-state index contributed by atoms with van der Waals surface area (Å²) in [6.45, 7) is 8.10. The summed E-state index contributed by atoms with van der Waals surface area (Å²) < 4.78 is 27.2. The van der Waals surface area contributed by atoms with Crippen molar-refractivity contribution in [3.63, 3.8) is 0 Å². The minimum absolute atomic E-state index is 0.0108. The molecule has 4 nitrogen and oxygen atoms in total. The zero-order valence-corrected chi connectivity index (χ0v) is 14.0. The van der Waals surface area contributed by atoms with Crippen LogP contribution in [0.4, 0.5) is 0 Å². The van der Waals surface area contributed by atoms with Crippen molar-refractivity contribution in [2.45, 2.75) is 45.4 Å². The Morgan fingerprint density at radius 2 is 1.57 bits per heavy atom. The highest BCUT2D eigenvalue weighted by Crippen LogP contribution is 2.28. The summed E-state index contributed by atoms with van der Waals surface area (Å²) in [6, 6.07) is 3.81. The van der Waals surface area contributed by atoms with Crippen molar-refractivity contribution < 1.29 is 13.2 Å². The summed E-state index contributed by atoms with van der Waals surface area (Å²) >= 11 is 0. The van der Waals surface area contributed by atoms with Gasteiger partial charge < -0.3 is 0 Å². The molecule has 0 radical (unpaired) electrons. The maximum Gasteiger partial charge on any atom is 0.243 e. The number of Topliss-reactive ketones (excluding diaryl/α,β-unsaturated/α-hetero) is 1. The van der Waals surface area contributed by atoms with E-state index in [1.807, 2.05) is 32.9 Å². The Labute approximate surface area is 127 Å². The van der Waals surface area contributed by atoms with E-state index in [2.05, 4.69) is 0 Å². The Kier molecular flexibility index (Phi) is 4.54. The fraction of sp³-hybridized carbons (Fsp3) is 0.562. The van der Waals surface area contributed by atoms with Gasteiger partial charge in [-0.1, -0.05) is 17.7 Å².